The predicted molar refractivity (Wildman–Crippen MR) is 61.4 cm³/mol. The lowest BCUT2D eigenvalue weighted by Crippen LogP contribution is -2.05. The summed E-state index contributed by atoms with van der Waals surface area (Å²) in [6, 6.07) is 5.26. The van der Waals surface area contributed by atoms with E-state index in [4.69, 9.17) is 0 Å². The molecule has 2 rings (SSSR count). The molecule has 0 saturated carbocycles. The van der Waals surface area contributed by atoms with Gasteiger partial charge in [0.15, 0.2) is 5.69 Å². The Morgan fingerprint density at radius 2 is 2.00 bits per heavy atom. The fourth-order valence-electron chi connectivity index (χ4n) is 1.65. The number of esters is 1. The SMILES string of the molecule is COC(=O)c1nccc2c(S(=O)(=O)F)cccc12. The molecule has 0 atom stereocenters. The molecule has 0 bridgehead atoms. The van der Waals surface area contributed by atoms with Crippen LogP contribution in [0.4, 0.5) is 3.89 Å². The van der Waals surface area contributed by atoms with E-state index in [1.165, 1.54) is 31.5 Å². The van der Waals surface area contributed by atoms with Gasteiger partial charge in [-0.25, -0.2) is 9.78 Å². The quantitative estimate of drug-likeness (QED) is 0.612. The Balaban J connectivity index is 2.86. The zero-order chi connectivity index (χ0) is 13.3. The van der Waals surface area contributed by atoms with Crippen LogP contribution in [0.2, 0.25) is 0 Å². The first kappa shape index (κ1) is 12.4. The van der Waals surface area contributed by atoms with Gasteiger partial charge in [0, 0.05) is 17.0 Å². The standard InChI is InChI=1S/C11H8FNO4S/c1-17-11(14)10-8-3-2-4-9(18(12,15)16)7(8)5-6-13-10/h2-6H,1H3. The highest BCUT2D eigenvalue weighted by Gasteiger charge is 2.19. The van der Waals surface area contributed by atoms with Crippen molar-refractivity contribution in [3.8, 4) is 0 Å². The molecule has 0 saturated heterocycles. The zero-order valence-corrected chi connectivity index (χ0v) is 10.1. The van der Waals surface area contributed by atoms with Crippen LogP contribution in [0.25, 0.3) is 10.8 Å². The zero-order valence-electron chi connectivity index (χ0n) is 9.25. The van der Waals surface area contributed by atoms with E-state index < -0.39 is 21.1 Å². The van der Waals surface area contributed by atoms with Gasteiger partial charge >= 0.3 is 16.2 Å². The lowest BCUT2D eigenvalue weighted by Gasteiger charge is -2.05. The monoisotopic (exact) mass is 269 g/mol. The number of hydrogen-bond acceptors (Lipinski definition) is 5. The Bertz CT molecular complexity index is 727. The topological polar surface area (TPSA) is 73.3 Å². The Kier molecular flexibility index (Phi) is 3.00. The molecule has 0 amide bonds. The molecule has 1 aromatic heterocycles. The van der Waals surface area contributed by atoms with Gasteiger partial charge in [-0.3, -0.25) is 0 Å². The number of benzene rings is 1. The molecule has 7 heteroatoms. The maximum absolute atomic E-state index is 13.1. The number of carbonyl (C=O) groups excluding carboxylic acids is 1. The number of ether oxygens (including phenoxy) is 1. The summed E-state index contributed by atoms with van der Waals surface area (Å²) in [5.74, 6) is -0.714. The van der Waals surface area contributed by atoms with Crippen LogP contribution < -0.4 is 0 Å². The van der Waals surface area contributed by atoms with Crippen molar-refractivity contribution in [3.05, 3.63) is 36.2 Å². The molecule has 1 aromatic carbocycles. The van der Waals surface area contributed by atoms with Crippen molar-refractivity contribution in [2.24, 2.45) is 0 Å². The molecule has 5 nitrogen and oxygen atoms in total. The van der Waals surface area contributed by atoms with E-state index in [9.17, 15) is 17.1 Å². The summed E-state index contributed by atoms with van der Waals surface area (Å²) >= 11 is 0. The smallest absolute Gasteiger partial charge is 0.357 e. The molecule has 94 valence electrons. The third-order valence-electron chi connectivity index (χ3n) is 2.41. The van der Waals surface area contributed by atoms with Crippen molar-refractivity contribution >= 4 is 27.0 Å². The first-order valence-corrected chi connectivity index (χ1v) is 6.24. The molecule has 0 fully saturated rings. The second-order valence-electron chi connectivity index (χ2n) is 3.44. The Morgan fingerprint density at radius 1 is 1.28 bits per heavy atom. The minimum absolute atomic E-state index is 0.0551. The summed E-state index contributed by atoms with van der Waals surface area (Å²) in [5.41, 5.74) is -0.0551. The Hall–Kier alpha value is -2.02. The van der Waals surface area contributed by atoms with Gasteiger partial charge in [0.1, 0.15) is 4.90 Å². The molecule has 2 aromatic rings. The van der Waals surface area contributed by atoms with Gasteiger partial charge in [-0.05, 0) is 12.1 Å². The van der Waals surface area contributed by atoms with Gasteiger partial charge in [0.2, 0.25) is 0 Å². The molecule has 1 heterocycles. The average Bonchev–Trinajstić information content (AvgIpc) is 2.35. The first-order chi connectivity index (χ1) is 8.45. The van der Waals surface area contributed by atoms with Crippen molar-refractivity contribution in [3.63, 3.8) is 0 Å². The van der Waals surface area contributed by atoms with Crippen molar-refractivity contribution < 1.29 is 21.8 Å². The second kappa shape index (κ2) is 4.34. The molecular weight excluding hydrogens is 261 g/mol. The van der Waals surface area contributed by atoms with Crippen LogP contribution in [0.1, 0.15) is 10.5 Å². The molecule has 0 unspecified atom stereocenters. The van der Waals surface area contributed by atoms with Crippen LogP contribution >= 0.6 is 0 Å². The van der Waals surface area contributed by atoms with Crippen LogP contribution in [0, 0.1) is 0 Å². The highest BCUT2D eigenvalue weighted by Crippen LogP contribution is 2.26. The van der Waals surface area contributed by atoms with E-state index in [-0.39, 0.29) is 16.5 Å². The highest BCUT2D eigenvalue weighted by atomic mass is 32.3. The van der Waals surface area contributed by atoms with E-state index in [1.807, 2.05) is 0 Å². The third kappa shape index (κ3) is 2.04. The number of aromatic nitrogens is 1. The number of nitrogens with zero attached hydrogens (tertiary/aromatic N) is 1. The summed E-state index contributed by atoms with van der Waals surface area (Å²) in [6.07, 6.45) is 1.23. The van der Waals surface area contributed by atoms with Gasteiger partial charge < -0.3 is 4.74 Å². The fraction of sp³-hybridized carbons (Fsp3) is 0.0909. The lowest BCUT2D eigenvalue weighted by molar-refractivity contribution is 0.0596. The summed E-state index contributed by atoms with van der Waals surface area (Å²) < 4.78 is 39.6. The summed E-state index contributed by atoms with van der Waals surface area (Å²) in [6.45, 7) is 0. The molecule has 0 aliphatic carbocycles. The number of carbonyl (C=O) groups is 1. The van der Waals surface area contributed by atoms with Crippen LogP contribution in [0.15, 0.2) is 35.4 Å². The largest absolute Gasteiger partial charge is 0.464 e. The van der Waals surface area contributed by atoms with Crippen LogP contribution in [0.3, 0.4) is 0 Å². The van der Waals surface area contributed by atoms with Gasteiger partial charge in [0.05, 0.1) is 7.11 Å². The van der Waals surface area contributed by atoms with Crippen LogP contribution in [0.5, 0.6) is 0 Å². The molecule has 0 aliphatic rings. The normalized spacial score (nSPS) is 11.4. The highest BCUT2D eigenvalue weighted by molar-refractivity contribution is 7.86. The van der Waals surface area contributed by atoms with Crippen LogP contribution in [-0.4, -0.2) is 26.5 Å². The minimum atomic E-state index is -4.86. The Morgan fingerprint density at radius 3 is 2.61 bits per heavy atom. The fourth-order valence-corrected chi connectivity index (χ4v) is 2.33. The van der Waals surface area contributed by atoms with Gasteiger partial charge in [-0.2, -0.15) is 8.42 Å². The number of fused-ring (bicyclic) bond motifs is 1. The number of methoxy groups -OCH3 is 1. The van der Waals surface area contributed by atoms with E-state index in [0.717, 1.165) is 6.07 Å². The number of hydrogen-bond donors (Lipinski definition) is 0. The van der Waals surface area contributed by atoms with Crippen molar-refractivity contribution in [2.75, 3.05) is 7.11 Å². The van der Waals surface area contributed by atoms with E-state index in [1.54, 1.807) is 0 Å². The molecule has 0 N–H and O–H groups in total. The molecule has 0 radical (unpaired) electrons. The molecular formula is C11H8FNO4S. The number of rotatable bonds is 2. The van der Waals surface area contributed by atoms with Crippen LogP contribution in [-0.2, 0) is 15.0 Å². The molecule has 0 spiro atoms. The summed E-state index contributed by atoms with van der Waals surface area (Å²) in [7, 11) is -3.68. The number of halogens is 1. The summed E-state index contributed by atoms with van der Waals surface area (Å²) in [4.78, 5) is 14.8. The van der Waals surface area contributed by atoms with Crippen molar-refractivity contribution in [1.29, 1.82) is 0 Å². The van der Waals surface area contributed by atoms with Gasteiger partial charge in [-0.1, -0.05) is 12.1 Å². The third-order valence-corrected chi connectivity index (χ3v) is 3.29. The van der Waals surface area contributed by atoms with Crippen molar-refractivity contribution in [2.45, 2.75) is 4.90 Å². The Labute approximate surface area is 102 Å². The summed E-state index contributed by atoms with van der Waals surface area (Å²) in [5, 5.41) is 0.318. The second-order valence-corrected chi connectivity index (χ2v) is 4.76. The maximum atomic E-state index is 13.1. The number of pyridine rings is 1. The van der Waals surface area contributed by atoms with Crippen molar-refractivity contribution in [1.82, 2.24) is 4.98 Å². The first-order valence-electron chi connectivity index (χ1n) is 4.86. The predicted octanol–water partition coefficient (Wildman–Crippen LogP) is 1.68. The maximum Gasteiger partial charge on any atom is 0.357 e. The molecule has 0 aliphatic heterocycles. The van der Waals surface area contributed by atoms with E-state index >= 15 is 0 Å². The van der Waals surface area contributed by atoms with Gasteiger partial charge in [0.25, 0.3) is 0 Å². The molecule has 18 heavy (non-hydrogen) atoms. The average molecular weight is 269 g/mol. The van der Waals surface area contributed by atoms with E-state index in [0.29, 0.717) is 0 Å². The van der Waals surface area contributed by atoms with Gasteiger partial charge in [-0.15, -0.1) is 3.89 Å². The van der Waals surface area contributed by atoms with E-state index in [2.05, 4.69) is 9.72 Å². The lowest BCUT2D eigenvalue weighted by atomic mass is 10.1. The minimum Gasteiger partial charge on any atom is -0.464 e.